The van der Waals surface area contributed by atoms with Crippen molar-refractivity contribution in [2.45, 2.75) is 64.2 Å². The Morgan fingerprint density at radius 3 is 2.47 bits per heavy atom. The Labute approximate surface area is 216 Å². The number of aryl methyl sites for hydroxylation is 1. The normalized spacial score (nSPS) is 13.1. The van der Waals surface area contributed by atoms with E-state index in [0.29, 0.717) is 18.6 Å². The van der Waals surface area contributed by atoms with Gasteiger partial charge in [0.25, 0.3) is 5.96 Å². The summed E-state index contributed by atoms with van der Waals surface area (Å²) < 4.78 is 0. The average molecular weight is 524 g/mol. The van der Waals surface area contributed by atoms with Gasteiger partial charge in [0, 0.05) is 24.5 Å². The number of carbonyl (C=O) groups excluding carboxylic acids is 2. The van der Waals surface area contributed by atoms with Crippen LogP contribution < -0.4 is 21.8 Å². The second-order valence-corrected chi connectivity index (χ2v) is 9.95. The van der Waals surface area contributed by atoms with Crippen molar-refractivity contribution in [3.05, 3.63) is 45.5 Å². The van der Waals surface area contributed by atoms with Crippen molar-refractivity contribution in [3.63, 3.8) is 0 Å². The molecule has 0 aliphatic carbocycles. The molecule has 0 radical (unpaired) electrons. The first-order valence-corrected chi connectivity index (χ1v) is 12.9. The molecule has 2 amide bonds. The SMILES string of the molecule is Cc1ccc(CSCCC(=O)N[C@@H](CCCN=C(N)N[N+](=O)[O-])C(=O)N[C@@H](CC(C)C)B(O)O)cc1. The summed E-state index contributed by atoms with van der Waals surface area (Å²) >= 11 is 1.61. The number of hydrazine groups is 1. The first-order chi connectivity index (χ1) is 17.0. The van der Waals surface area contributed by atoms with Crippen molar-refractivity contribution in [1.29, 1.82) is 0 Å². The third-order valence-electron chi connectivity index (χ3n) is 5.07. The Hall–Kier alpha value is -2.84. The third-order valence-corrected chi connectivity index (χ3v) is 6.10. The van der Waals surface area contributed by atoms with E-state index >= 15 is 0 Å². The number of rotatable bonds is 16. The minimum Gasteiger partial charge on any atom is -0.426 e. The van der Waals surface area contributed by atoms with Gasteiger partial charge in [0.1, 0.15) is 6.04 Å². The third kappa shape index (κ3) is 13.9. The summed E-state index contributed by atoms with van der Waals surface area (Å²) in [4.78, 5) is 39.6. The Morgan fingerprint density at radius 2 is 1.89 bits per heavy atom. The van der Waals surface area contributed by atoms with Crippen LogP contribution in [0.2, 0.25) is 0 Å². The standard InChI is InChI=1S/C22H37BN6O6S/c1-15(2)13-19(23(32)33)27-21(31)18(5-4-11-25-22(24)28-29(34)35)26-20(30)10-12-36-14-17-8-6-16(3)7-9-17/h6-9,15,18-19,32-33H,4-5,10-14H2,1-3H3,(H,26,30)(H,27,31)(H3,24,25,28)/t18-,19-/m0/s1. The fraction of sp³-hybridized carbons (Fsp3) is 0.591. The largest absolute Gasteiger partial charge is 0.475 e. The van der Waals surface area contributed by atoms with Gasteiger partial charge >= 0.3 is 7.12 Å². The second-order valence-electron chi connectivity index (χ2n) is 8.84. The fourth-order valence-electron chi connectivity index (χ4n) is 3.24. The molecule has 12 nitrogen and oxygen atoms in total. The highest BCUT2D eigenvalue weighted by Crippen LogP contribution is 2.14. The van der Waals surface area contributed by atoms with E-state index in [9.17, 15) is 29.8 Å². The molecular weight excluding hydrogens is 487 g/mol. The molecule has 0 heterocycles. The average Bonchev–Trinajstić information content (AvgIpc) is 2.78. The molecule has 0 unspecified atom stereocenters. The van der Waals surface area contributed by atoms with E-state index in [1.165, 1.54) is 5.56 Å². The van der Waals surface area contributed by atoms with Gasteiger partial charge < -0.3 is 26.4 Å². The van der Waals surface area contributed by atoms with Crippen LogP contribution in [-0.2, 0) is 15.3 Å². The van der Waals surface area contributed by atoms with E-state index in [-0.39, 0.29) is 37.2 Å². The number of hydrogen-bond donors (Lipinski definition) is 6. The molecule has 0 saturated carbocycles. The summed E-state index contributed by atoms with van der Waals surface area (Å²) in [6.07, 6.45) is 1.03. The van der Waals surface area contributed by atoms with E-state index in [1.807, 2.05) is 45.0 Å². The van der Waals surface area contributed by atoms with Gasteiger partial charge in [-0.1, -0.05) is 49.1 Å². The summed E-state index contributed by atoms with van der Waals surface area (Å²) in [5.74, 6) is -0.685. The molecule has 0 bridgehead atoms. The second kappa shape index (κ2) is 16.8. The van der Waals surface area contributed by atoms with Crippen LogP contribution in [0.3, 0.4) is 0 Å². The summed E-state index contributed by atoms with van der Waals surface area (Å²) in [7, 11) is -1.75. The topological polar surface area (TPSA) is 192 Å². The van der Waals surface area contributed by atoms with Crippen molar-refractivity contribution < 1.29 is 24.7 Å². The van der Waals surface area contributed by atoms with Crippen LogP contribution in [0.1, 0.15) is 50.7 Å². The zero-order valence-corrected chi connectivity index (χ0v) is 21.8. The number of aliphatic imine (C=N–C) groups is 1. The number of amides is 2. The maximum atomic E-state index is 12.9. The van der Waals surface area contributed by atoms with Gasteiger partial charge in [-0.2, -0.15) is 11.8 Å². The van der Waals surface area contributed by atoms with Crippen molar-refractivity contribution in [1.82, 2.24) is 16.1 Å². The van der Waals surface area contributed by atoms with Gasteiger partial charge in [-0.3, -0.25) is 9.59 Å². The zero-order chi connectivity index (χ0) is 27.1. The molecule has 0 aliphatic heterocycles. The van der Waals surface area contributed by atoms with Gasteiger partial charge in [0.15, 0.2) is 5.03 Å². The summed E-state index contributed by atoms with van der Waals surface area (Å²) in [6.45, 7) is 5.88. The van der Waals surface area contributed by atoms with Crippen molar-refractivity contribution in [2.75, 3.05) is 12.3 Å². The molecule has 0 aliphatic rings. The molecule has 0 aromatic heterocycles. The van der Waals surface area contributed by atoms with Gasteiger partial charge in [-0.05, 0) is 37.7 Å². The van der Waals surface area contributed by atoms with Crippen LogP contribution in [0.4, 0.5) is 0 Å². The Bertz CT molecular complexity index is 871. The van der Waals surface area contributed by atoms with Crippen LogP contribution in [0.25, 0.3) is 0 Å². The Morgan fingerprint density at radius 1 is 1.22 bits per heavy atom. The van der Waals surface area contributed by atoms with Gasteiger partial charge in [0.2, 0.25) is 11.8 Å². The molecule has 36 heavy (non-hydrogen) atoms. The molecule has 0 spiro atoms. The number of carbonyl (C=O) groups is 2. The first kappa shape index (κ1) is 31.2. The van der Waals surface area contributed by atoms with E-state index in [2.05, 4.69) is 15.6 Å². The highest BCUT2D eigenvalue weighted by Gasteiger charge is 2.29. The monoisotopic (exact) mass is 524 g/mol. The number of benzene rings is 1. The van der Waals surface area contributed by atoms with Crippen LogP contribution in [-0.4, -0.2) is 64.3 Å². The Kier molecular flexibility index (Phi) is 14.5. The zero-order valence-electron chi connectivity index (χ0n) is 21.0. The highest BCUT2D eigenvalue weighted by molar-refractivity contribution is 7.98. The van der Waals surface area contributed by atoms with E-state index in [0.717, 1.165) is 11.3 Å². The molecule has 1 rings (SSSR count). The molecule has 14 heteroatoms. The summed E-state index contributed by atoms with van der Waals surface area (Å²) in [5.41, 5.74) is 9.45. The molecule has 0 fully saturated rings. The molecular formula is C22H37BN6O6S. The number of nitrogens with one attached hydrogen (secondary N) is 3. The fourth-order valence-corrected chi connectivity index (χ4v) is 4.15. The van der Waals surface area contributed by atoms with Crippen LogP contribution in [0.5, 0.6) is 0 Å². The van der Waals surface area contributed by atoms with E-state index in [1.54, 1.807) is 17.2 Å². The van der Waals surface area contributed by atoms with Crippen LogP contribution >= 0.6 is 11.8 Å². The molecule has 200 valence electrons. The molecule has 2 atom stereocenters. The molecule has 1 aromatic carbocycles. The van der Waals surface area contributed by atoms with E-state index < -0.39 is 30.0 Å². The molecule has 0 saturated heterocycles. The Balaban J connectivity index is 2.67. The number of nitrogens with zero attached hydrogens (tertiary/aromatic N) is 2. The lowest BCUT2D eigenvalue weighted by atomic mass is 9.75. The van der Waals surface area contributed by atoms with Crippen molar-refractivity contribution in [2.24, 2.45) is 16.6 Å². The number of guanidine groups is 1. The minimum atomic E-state index is -1.75. The maximum Gasteiger partial charge on any atom is 0.475 e. The first-order valence-electron chi connectivity index (χ1n) is 11.8. The molecule has 1 aromatic rings. The van der Waals surface area contributed by atoms with Crippen molar-refractivity contribution >= 4 is 36.7 Å². The van der Waals surface area contributed by atoms with Crippen molar-refractivity contribution in [3.8, 4) is 0 Å². The molecule has 7 N–H and O–H groups in total. The van der Waals surface area contributed by atoms with Gasteiger partial charge in [-0.15, -0.1) is 0 Å². The lowest BCUT2D eigenvalue weighted by Gasteiger charge is -2.24. The lowest BCUT2D eigenvalue weighted by molar-refractivity contribution is -0.525. The van der Waals surface area contributed by atoms with E-state index in [4.69, 9.17) is 5.73 Å². The number of thioether (sulfide) groups is 1. The van der Waals surface area contributed by atoms with Gasteiger partial charge in [-0.25, -0.2) is 15.1 Å². The number of hydrogen-bond acceptors (Lipinski definition) is 8. The number of nitrogens with two attached hydrogens (primary N) is 1. The highest BCUT2D eigenvalue weighted by atomic mass is 32.2. The van der Waals surface area contributed by atoms with Gasteiger partial charge in [0.05, 0.1) is 5.94 Å². The smallest absolute Gasteiger partial charge is 0.426 e. The quantitative estimate of drug-likeness (QED) is 0.0447. The minimum absolute atomic E-state index is 0.0940. The summed E-state index contributed by atoms with van der Waals surface area (Å²) in [5, 5.41) is 34.1. The maximum absolute atomic E-state index is 12.9. The predicted octanol–water partition coefficient (Wildman–Crippen LogP) is 0.522. The summed E-state index contributed by atoms with van der Waals surface area (Å²) in [6, 6.07) is 7.22. The van der Waals surface area contributed by atoms with Crippen LogP contribution in [0, 0.1) is 23.0 Å². The predicted molar refractivity (Wildman–Crippen MR) is 141 cm³/mol. The number of nitro groups is 1. The van der Waals surface area contributed by atoms with Crippen LogP contribution in [0.15, 0.2) is 29.3 Å². The lowest BCUT2D eigenvalue weighted by Crippen LogP contribution is -2.54.